The van der Waals surface area contributed by atoms with Crippen LogP contribution in [0.5, 0.6) is 11.6 Å². The van der Waals surface area contributed by atoms with Gasteiger partial charge in [-0.05, 0) is 24.3 Å². The predicted octanol–water partition coefficient (Wildman–Crippen LogP) is 1.97. The van der Waals surface area contributed by atoms with Gasteiger partial charge in [0.05, 0.1) is 37.2 Å². The van der Waals surface area contributed by atoms with Crippen LogP contribution in [0.25, 0.3) is 11.0 Å². The number of pyridine rings is 2. The number of rotatable bonds is 8. The van der Waals surface area contributed by atoms with Crippen LogP contribution in [0.1, 0.15) is 12.0 Å². The van der Waals surface area contributed by atoms with Gasteiger partial charge < -0.3 is 30.0 Å². The number of nitrogens with one attached hydrogen (secondary N) is 2. The molecular weight excluding hydrogens is 473 g/mol. The SMILES string of the molecule is COc1ccc2ncc(F)c(CNC[C@@H](O)C[C@@H]3CN(c4ccc5c(c4)NC(=O)CO5)C(=O)O3)c2n1. The van der Waals surface area contributed by atoms with Gasteiger partial charge in [-0.3, -0.25) is 14.7 Å². The monoisotopic (exact) mass is 497 g/mol. The summed E-state index contributed by atoms with van der Waals surface area (Å²) in [7, 11) is 1.48. The number of methoxy groups -OCH3 is 1. The zero-order valence-corrected chi connectivity index (χ0v) is 19.4. The number of aromatic nitrogens is 2. The first-order valence-electron chi connectivity index (χ1n) is 11.3. The molecule has 5 rings (SSSR count). The van der Waals surface area contributed by atoms with Crippen LogP contribution in [-0.4, -0.2) is 66.1 Å². The van der Waals surface area contributed by atoms with E-state index in [2.05, 4.69) is 20.6 Å². The summed E-state index contributed by atoms with van der Waals surface area (Å²) in [5.74, 6) is 0.0811. The van der Waals surface area contributed by atoms with Gasteiger partial charge in [-0.15, -0.1) is 0 Å². The van der Waals surface area contributed by atoms with E-state index in [1.54, 1.807) is 30.3 Å². The molecule has 0 radical (unpaired) electrons. The highest BCUT2D eigenvalue weighted by Gasteiger charge is 2.34. The van der Waals surface area contributed by atoms with E-state index in [0.29, 0.717) is 39.6 Å². The van der Waals surface area contributed by atoms with Gasteiger partial charge in [0.15, 0.2) is 6.61 Å². The Morgan fingerprint density at radius 1 is 1.33 bits per heavy atom. The average Bonchev–Trinajstić information content (AvgIpc) is 3.24. The number of anilines is 2. The molecule has 2 aliphatic rings. The van der Waals surface area contributed by atoms with Crippen LogP contribution >= 0.6 is 0 Å². The Labute approximate surface area is 205 Å². The number of ether oxygens (including phenoxy) is 3. The van der Waals surface area contributed by atoms with Gasteiger partial charge in [-0.1, -0.05) is 0 Å². The van der Waals surface area contributed by atoms with Crippen molar-refractivity contribution in [3.05, 3.63) is 47.9 Å². The fourth-order valence-electron chi connectivity index (χ4n) is 4.20. The highest BCUT2D eigenvalue weighted by atomic mass is 19.1. The van der Waals surface area contributed by atoms with E-state index in [4.69, 9.17) is 14.2 Å². The second kappa shape index (κ2) is 9.91. The van der Waals surface area contributed by atoms with Crippen molar-refractivity contribution < 1.29 is 33.3 Å². The standard InChI is InChI=1S/C24H24FN5O6/c1-34-22-5-3-18-23(29-22)16(17(25)10-27-18)9-26-8-14(31)7-15-11-30(24(33)36-15)13-2-4-20-19(6-13)28-21(32)12-35-20/h2-6,10,14-15,26,31H,7-9,11-12H2,1H3,(H,28,32)/t14-,15+/m0/s1. The number of aliphatic hydroxyl groups excluding tert-OH is 1. The van der Waals surface area contributed by atoms with Gasteiger partial charge in [-0.2, -0.15) is 0 Å². The summed E-state index contributed by atoms with van der Waals surface area (Å²) < 4.78 is 30.3. The molecule has 0 spiro atoms. The first-order chi connectivity index (χ1) is 17.4. The molecule has 36 heavy (non-hydrogen) atoms. The Balaban J connectivity index is 1.17. The minimum atomic E-state index is -0.849. The van der Waals surface area contributed by atoms with Crippen LogP contribution < -0.4 is 25.0 Å². The molecule has 2 aliphatic heterocycles. The Morgan fingerprint density at radius 2 is 2.19 bits per heavy atom. The number of halogens is 1. The quantitative estimate of drug-likeness (QED) is 0.427. The van der Waals surface area contributed by atoms with Crippen molar-refractivity contribution in [2.75, 3.05) is 37.0 Å². The van der Waals surface area contributed by atoms with Crippen LogP contribution in [0.2, 0.25) is 0 Å². The Hall–Kier alpha value is -4.03. The van der Waals surface area contributed by atoms with Gasteiger partial charge in [-0.25, -0.2) is 14.2 Å². The molecule has 3 aromatic rings. The largest absolute Gasteiger partial charge is 0.482 e. The van der Waals surface area contributed by atoms with Crippen molar-refractivity contribution >= 4 is 34.4 Å². The summed E-state index contributed by atoms with van der Waals surface area (Å²) in [6.07, 6.45) is -0.618. The third-order valence-corrected chi connectivity index (χ3v) is 5.95. The fourth-order valence-corrected chi connectivity index (χ4v) is 4.20. The van der Waals surface area contributed by atoms with Crippen LogP contribution in [0.3, 0.4) is 0 Å². The Bertz CT molecular complexity index is 1320. The summed E-state index contributed by atoms with van der Waals surface area (Å²) in [5, 5.41) is 16.2. The summed E-state index contributed by atoms with van der Waals surface area (Å²) in [6.45, 7) is 0.433. The molecule has 3 N–H and O–H groups in total. The first kappa shape index (κ1) is 23.7. The van der Waals surface area contributed by atoms with Crippen molar-refractivity contribution in [3.8, 4) is 11.6 Å². The molecule has 1 saturated heterocycles. The van der Waals surface area contributed by atoms with Crippen molar-refractivity contribution in [1.29, 1.82) is 0 Å². The molecule has 0 bridgehead atoms. The maximum atomic E-state index is 14.4. The molecular formula is C24H24FN5O6. The van der Waals surface area contributed by atoms with Gasteiger partial charge in [0.2, 0.25) is 5.88 Å². The van der Waals surface area contributed by atoms with Crippen molar-refractivity contribution in [3.63, 3.8) is 0 Å². The molecule has 2 atom stereocenters. The van der Waals surface area contributed by atoms with Crippen LogP contribution in [0.15, 0.2) is 36.5 Å². The van der Waals surface area contributed by atoms with E-state index < -0.39 is 24.1 Å². The summed E-state index contributed by atoms with van der Waals surface area (Å²) in [5.41, 5.74) is 2.24. The van der Waals surface area contributed by atoms with Crippen LogP contribution in [-0.2, 0) is 16.1 Å². The zero-order valence-electron chi connectivity index (χ0n) is 19.4. The molecule has 0 unspecified atom stereocenters. The summed E-state index contributed by atoms with van der Waals surface area (Å²) in [4.78, 5) is 33.8. The summed E-state index contributed by atoms with van der Waals surface area (Å²) >= 11 is 0. The lowest BCUT2D eigenvalue weighted by atomic mass is 10.1. The number of carbonyl (C=O) groups excluding carboxylic acids is 2. The molecule has 188 valence electrons. The summed E-state index contributed by atoms with van der Waals surface area (Å²) in [6, 6.07) is 8.37. The predicted molar refractivity (Wildman–Crippen MR) is 127 cm³/mol. The fraction of sp³-hybridized carbons (Fsp3) is 0.333. The van der Waals surface area contributed by atoms with E-state index in [1.165, 1.54) is 12.0 Å². The van der Waals surface area contributed by atoms with E-state index >= 15 is 0 Å². The van der Waals surface area contributed by atoms with Gasteiger partial charge in [0.25, 0.3) is 5.91 Å². The van der Waals surface area contributed by atoms with E-state index in [1.807, 2.05) is 0 Å². The van der Waals surface area contributed by atoms with Crippen LogP contribution in [0.4, 0.5) is 20.6 Å². The molecule has 12 heteroatoms. The number of benzene rings is 1. The molecule has 2 amide bonds. The maximum absolute atomic E-state index is 14.4. The van der Waals surface area contributed by atoms with Gasteiger partial charge in [0.1, 0.15) is 23.2 Å². The van der Waals surface area contributed by atoms with Gasteiger partial charge in [0, 0.05) is 36.8 Å². The van der Waals surface area contributed by atoms with Crippen molar-refractivity contribution in [1.82, 2.24) is 15.3 Å². The number of nitrogens with zero attached hydrogens (tertiary/aromatic N) is 3. The number of carbonyl (C=O) groups is 2. The van der Waals surface area contributed by atoms with E-state index in [-0.39, 0.29) is 38.6 Å². The molecule has 2 aromatic heterocycles. The zero-order chi connectivity index (χ0) is 25.2. The van der Waals surface area contributed by atoms with Crippen LogP contribution in [0, 0.1) is 5.82 Å². The minimum Gasteiger partial charge on any atom is -0.482 e. The highest BCUT2D eigenvalue weighted by molar-refractivity contribution is 5.97. The molecule has 0 saturated carbocycles. The second-order valence-electron chi connectivity index (χ2n) is 8.46. The average molecular weight is 497 g/mol. The maximum Gasteiger partial charge on any atom is 0.414 e. The number of amides is 2. The van der Waals surface area contributed by atoms with Crippen molar-refractivity contribution in [2.24, 2.45) is 0 Å². The molecule has 4 heterocycles. The third kappa shape index (κ3) is 4.86. The van der Waals surface area contributed by atoms with Crippen molar-refractivity contribution in [2.45, 2.75) is 25.2 Å². The Morgan fingerprint density at radius 3 is 3.03 bits per heavy atom. The number of hydrogen-bond donors (Lipinski definition) is 3. The van der Waals surface area contributed by atoms with Gasteiger partial charge >= 0.3 is 6.09 Å². The first-order valence-corrected chi connectivity index (χ1v) is 11.3. The number of aliphatic hydroxyl groups is 1. The van der Waals surface area contributed by atoms with E-state index in [9.17, 15) is 19.1 Å². The molecule has 1 aromatic carbocycles. The molecule has 1 fully saturated rings. The topological polar surface area (TPSA) is 135 Å². The lowest BCUT2D eigenvalue weighted by molar-refractivity contribution is -0.118. The second-order valence-corrected chi connectivity index (χ2v) is 8.46. The number of cyclic esters (lactones) is 1. The smallest absolute Gasteiger partial charge is 0.414 e. The molecule has 0 aliphatic carbocycles. The molecule has 11 nitrogen and oxygen atoms in total. The number of fused-ring (bicyclic) bond motifs is 2. The minimum absolute atomic E-state index is 0.0547. The normalized spacial score (nSPS) is 17.9. The number of hydrogen-bond acceptors (Lipinski definition) is 9. The van der Waals surface area contributed by atoms with E-state index in [0.717, 1.165) is 6.20 Å². The lowest BCUT2D eigenvalue weighted by Crippen LogP contribution is -2.32. The Kier molecular flexibility index (Phi) is 6.53. The lowest BCUT2D eigenvalue weighted by Gasteiger charge is -2.21. The third-order valence-electron chi connectivity index (χ3n) is 5.95. The highest BCUT2D eigenvalue weighted by Crippen LogP contribution is 2.34.